The summed E-state index contributed by atoms with van der Waals surface area (Å²) in [5.74, 6) is 0. The second-order valence-corrected chi connectivity index (χ2v) is 4.71. The molecule has 6 heteroatoms. The third kappa shape index (κ3) is 4.85. The molecular formula is C6H16NO4P. The minimum atomic E-state index is -4.33. The molecule has 2 N–H and O–H groups in total. The van der Waals surface area contributed by atoms with Crippen molar-refractivity contribution in [3.05, 3.63) is 0 Å². The van der Waals surface area contributed by atoms with Crippen molar-refractivity contribution in [1.29, 1.82) is 0 Å². The van der Waals surface area contributed by atoms with Crippen molar-refractivity contribution in [1.82, 2.24) is 4.90 Å². The van der Waals surface area contributed by atoms with Gasteiger partial charge in [-0.25, -0.2) is 4.57 Å². The lowest BCUT2D eigenvalue weighted by Crippen LogP contribution is -2.42. The van der Waals surface area contributed by atoms with Crippen molar-refractivity contribution >= 4 is 7.82 Å². The molecule has 0 saturated heterocycles. The molecule has 0 spiro atoms. The predicted octanol–water partition coefficient (Wildman–Crippen LogP) is 0.436. The minimum Gasteiger partial charge on any atom is -0.303 e. The van der Waals surface area contributed by atoms with E-state index in [0.29, 0.717) is 0 Å². The fourth-order valence-electron chi connectivity index (χ4n) is 0.371. The normalized spacial score (nSPS) is 13.9. The topological polar surface area (TPSA) is 70.0 Å². The molecule has 0 fully saturated rings. The summed E-state index contributed by atoms with van der Waals surface area (Å²) in [6.07, 6.45) is 0. The summed E-state index contributed by atoms with van der Waals surface area (Å²) in [6.45, 7) is 3.68. The maximum Gasteiger partial charge on any atom is 0.469 e. The second kappa shape index (κ2) is 3.85. The van der Waals surface area contributed by atoms with Gasteiger partial charge in [-0.15, -0.1) is 0 Å². The van der Waals surface area contributed by atoms with Crippen LogP contribution in [-0.4, -0.2) is 40.9 Å². The zero-order valence-corrected chi connectivity index (χ0v) is 8.71. The van der Waals surface area contributed by atoms with Gasteiger partial charge < -0.3 is 14.7 Å². The predicted molar refractivity (Wildman–Crippen MR) is 45.8 cm³/mol. The van der Waals surface area contributed by atoms with Gasteiger partial charge in [0.15, 0.2) is 0 Å². The molecule has 0 atom stereocenters. The fourth-order valence-corrected chi connectivity index (χ4v) is 0.855. The Balaban J connectivity index is 4.01. The van der Waals surface area contributed by atoms with Crippen LogP contribution in [-0.2, 0) is 9.09 Å². The van der Waals surface area contributed by atoms with Crippen molar-refractivity contribution < 1.29 is 18.9 Å². The standard InChI is InChI=1S/C6H16NO4P/c1-6(2,7(3)4)5-11-12(8,9)10/h5H2,1-4H3,(H2,8,9,10). The van der Waals surface area contributed by atoms with E-state index in [2.05, 4.69) is 4.52 Å². The number of likely N-dealkylation sites (N-methyl/N-ethyl adjacent to an activating group) is 1. The number of phosphoric ester groups is 1. The highest BCUT2D eigenvalue weighted by Crippen LogP contribution is 2.37. The van der Waals surface area contributed by atoms with E-state index in [1.807, 2.05) is 32.8 Å². The van der Waals surface area contributed by atoms with E-state index < -0.39 is 7.82 Å². The molecule has 0 aliphatic heterocycles. The number of hydrogen-bond acceptors (Lipinski definition) is 3. The molecule has 12 heavy (non-hydrogen) atoms. The van der Waals surface area contributed by atoms with Gasteiger partial charge in [-0.1, -0.05) is 0 Å². The van der Waals surface area contributed by atoms with Crippen LogP contribution in [0.5, 0.6) is 0 Å². The van der Waals surface area contributed by atoms with Gasteiger partial charge in [0.05, 0.1) is 6.61 Å². The fraction of sp³-hybridized carbons (Fsp3) is 1.00. The number of rotatable bonds is 4. The van der Waals surface area contributed by atoms with E-state index in [9.17, 15) is 4.57 Å². The van der Waals surface area contributed by atoms with Crippen molar-refractivity contribution in [3.8, 4) is 0 Å². The summed E-state index contributed by atoms with van der Waals surface area (Å²) in [6, 6.07) is 0. The second-order valence-electron chi connectivity index (χ2n) is 3.47. The van der Waals surface area contributed by atoms with Crippen molar-refractivity contribution in [2.24, 2.45) is 0 Å². The van der Waals surface area contributed by atoms with Crippen LogP contribution in [0.3, 0.4) is 0 Å². The van der Waals surface area contributed by atoms with Crippen LogP contribution in [0.25, 0.3) is 0 Å². The van der Waals surface area contributed by atoms with E-state index >= 15 is 0 Å². The Morgan fingerprint density at radius 1 is 1.42 bits per heavy atom. The van der Waals surface area contributed by atoms with Gasteiger partial charge >= 0.3 is 7.82 Å². The highest BCUT2D eigenvalue weighted by atomic mass is 31.2. The van der Waals surface area contributed by atoms with Gasteiger partial charge in [0.2, 0.25) is 0 Å². The van der Waals surface area contributed by atoms with E-state index in [-0.39, 0.29) is 12.1 Å². The lowest BCUT2D eigenvalue weighted by Gasteiger charge is -2.31. The van der Waals surface area contributed by atoms with Gasteiger partial charge in [-0.3, -0.25) is 4.52 Å². The molecule has 0 saturated carbocycles. The average Bonchev–Trinajstić information content (AvgIpc) is 1.82. The van der Waals surface area contributed by atoms with Crippen LogP contribution in [0.15, 0.2) is 0 Å². The minimum absolute atomic E-state index is 0.00424. The zero-order chi connectivity index (χ0) is 9.99. The van der Waals surface area contributed by atoms with E-state index in [1.165, 1.54) is 0 Å². The van der Waals surface area contributed by atoms with Gasteiger partial charge in [-0.2, -0.15) is 0 Å². The monoisotopic (exact) mass is 197 g/mol. The molecule has 0 bridgehead atoms. The van der Waals surface area contributed by atoms with Gasteiger partial charge in [0, 0.05) is 5.54 Å². The Morgan fingerprint density at radius 2 is 1.83 bits per heavy atom. The summed E-state index contributed by atoms with van der Waals surface area (Å²) < 4.78 is 14.7. The average molecular weight is 197 g/mol. The third-order valence-electron chi connectivity index (χ3n) is 1.80. The summed E-state index contributed by atoms with van der Waals surface area (Å²) in [7, 11) is -0.684. The van der Waals surface area contributed by atoms with E-state index in [1.54, 1.807) is 0 Å². The van der Waals surface area contributed by atoms with Gasteiger partial charge in [0.1, 0.15) is 0 Å². The Bertz CT molecular complexity index is 186. The molecule has 0 aliphatic carbocycles. The van der Waals surface area contributed by atoms with Crippen molar-refractivity contribution in [3.63, 3.8) is 0 Å². The van der Waals surface area contributed by atoms with Crippen LogP contribution in [0, 0.1) is 0 Å². The Kier molecular flexibility index (Phi) is 3.87. The molecule has 74 valence electrons. The molecule has 0 unspecified atom stereocenters. The van der Waals surface area contributed by atoms with E-state index in [0.717, 1.165) is 0 Å². The van der Waals surface area contributed by atoms with Crippen LogP contribution >= 0.6 is 7.82 Å². The SMILES string of the molecule is CN(C)C(C)(C)COP(=O)(O)O. The number of nitrogens with zero attached hydrogens (tertiary/aromatic N) is 1. The molecule has 0 aromatic rings. The molecule has 0 aromatic heterocycles. The first kappa shape index (κ1) is 12.1. The molecule has 0 radical (unpaired) electrons. The molecule has 0 aromatic carbocycles. The Hall–Kier alpha value is 0.0700. The summed E-state index contributed by atoms with van der Waals surface area (Å²) >= 11 is 0. The first-order chi connectivity index (χ1) is 5.15. The lowest BCUT2D eigenvalue weighted by molar-refractivity contribution is 0.0885. The maximum absolute atomic E-state index is 10.4. The highest BCUT2D eigenvalue weighted by molar-refractivity contribution is 7.46. The molecule has 5 nitrogen and oxygen atoms in total. The quantitative estimate of drug-likeness (QED) is 0.640. The van der Waals surface area contributed by atoms with Crippen molar-refractivity contribution in [2.75, 3.05) is 20.7 Å². The van der Waals surface area contributed by atoms with Gasteiger partial charge in [-0.05, 0) is 27.9 Å². The molecule has 0 heterocycles. The molecule has 0 amide bonds. The Morgan fingerprint density at radius 3 is 2.08 bits per heavy atom. The van der Waals surface area contributed by atoms with Gasteiger partial charge in [0.25, 0.3) is 0 Å². The van der Waals surface area contributed by atoms with Crippen LogP contribution < -0.4 is 0 Å². The van der Waals surface area contributed by atoms with Crippen LogP contribution in [0.1, 0.15) is 13.8 Å². The maximum atomic E-state index is 10.4. The summed E-state index contributed by atoms with van der Waals surface area (Å²) in [5, 5.41) is 0. The Labute approximate surface area is 72.6 Å². The molecule has 0 rings (SSSR count). The number of phosphoric acid groups is 1. The van der Waals surface area contributed by atoms with E-state index in [4.69, 9.17) is 9.79 Å². The molecule has 0 aliphatic rings. The van der Waals surface area contributed by atoms with Crippen LogP contribution in [0.4, 0.5) is 0 Å². The largest absolute Gasteiger partial charge is 0.469 e. The summed E-state index contributed by atoms with van der Waals surface area (Å²) in [5.41, 5.74) is -0.374. The third-order valence-corrected chi connectivity index (χ3v) is 2.26. The molecular weight excluding hydrogens is 181 g/mol. The number of hydrogen-bond donors (Lipinski definition) is 2. The highest BCUT2D eigenvalue weighted by Gasteiger charge is 2.25. The zero-order valence-electron chi connectivity index (χ0n) is 7.81. The lowest BCUT2D eigenvalue weighted by atomic mass is 10.1. The smallest absolute Gasteiger partial charge is 0.303 e. The first-order valence-corrected chi connectivity index (χ1v) is 5.06. The van der Waals surface area contributed by atoms with Crippen molar-refractivity contribution in [2.45, 2.75) is 19.4 Å². The van der Waals surface area contributed by atoms with Crippen LogP contribution in [0.2, 0.25) is 0 Å². The summed E-state index contributed by atoms with van der Waals surface area (Å²) in [4.78, 5) is 18.7. The first-order valence-electron chi connectivity index (χ1n) is 3.53.